The van der Waals surface area contributed by atoms with Gasteiger partial charge in [-0.05, 0) is 62.2 Å². The summed E-state index contributed by atoms with van der Waals surface area (Å²) in [4.78, 5) is 12.7. The first kappa shape index (κ1) is 24.4. The number of benzene rings is 3. The van der Waals surface area contributed by atoms with Crippen LogP contribution in [0.2, 0.25) is 0 Å². The van der Waals surface area contributed by atoms with Gasteiger partial charge in [0.1, 0.15) is 24.0 Å². The van der Waals surface area contributed by atoms with E-state index in [9.17, 15) is 10.1 Å². The largest absolute Gasteiger partial charge is 0.493 e. The lowest BCUT2D eigenvalue weighted by Crippen LogP contribution is -2.13. The quantitative estimate of drug-likeness (QED) is 0.320. The molecular formula is C28H28N2O4. The van der Waals surface area contributed by atoms with Crippen LogP contribution in [0.15, 0.2) is 72.3 Å². The Bertz CT molecular complexity index is 1230. The van der Waals surface area contributed by atoms with E-state index in [0.29, 0.717) is 35.1 Å². The summed E-state index contributed by atoms with van der Waals surface area (Å²) < 4.78 is 17.0. The van der Waals surface area contributed by atoms with Gasteiger partial charge in [-0.1, -0.05) is 42.0 Å². The smallest absolute Gasteiger partial charge is 0.266 e. The van der Waals surface area contributed by atoms with Crippen LogP contribution in [0.4, 0.5) is 5.69 Å². The molecule has 3 aromatic carbocycles. The highest BCUT2D eigenvalue weighted by molar-refractivity contribution is 6.09. The summed E-state index contributed by atoms with van der Waals surface area (Å²) in [5.41, 5.74) is 3.36. The Kier molecular flexibility index (Phi) is 8.31. The highest BCUT2D eigenvalue weighted by Crippen LogP contribution is 2.30. The molecule has 34 heavy (non-hydrogen) atoms. The molecule has 6 heteroatoms. The zero-order valence-corrected chi connectivity index (χ0v) is 19.8. The molecule has 0 unspecified atom stereocenters. The number of nitriles is 1. The van der Waals surface area contributed by atoms with E-state index in [2.05, 4.69) is 11.4 Å². The topological polar surface area (TPSA) is 80.6 Å². The van der Waals surface area contributed by atoms with Gasteiger partial charge < -0.3 is 19.5 Å². The maximum atomic E-state index is 12.7. The van der Waals surface area contributed by atoms with Gasteiger partial charge in [-0.25, -0.2) is 0 Å². The molecular weight excluding hydrogens is 428 g/mol. The SMILES string of the molecule is COc1cc(/C=C(/C#N)C(=O)Nc2cccc(OC(C)C)c2)ccc1OCc1cccc(C)c1. The predicted octanol–water partition coefficient (Wildman–Crippen LogP) is 5.92. The summed E-state index contributed by atoms with van der Waals surface area (Å²) in [7, 11) is 1.55. The summed E-state index contributed by atoms with van der Waals surface area (Å²) in [6, 6.07) is 22.4. The highest BCUT2D eigenvalue weighted by Gasteiger charge is 2.12. The van der Waals surface area contributed by atoms with Gasteiger partial charge in [-0.2, -0.15) is 5.26 Å². The molecule has 1 N–H and O–H groups in total. The monoisotopic (exact) mass is 456 g/mol. The van der Waals surface area contributed by atoms with Crippen molar-refractivity contribution in [2.24, 2.45) is 0 Å². The number of methoxy groups -OCH3 is 1. The molecule has 6 nitrogen and oxygen atoms in total. The normalized spacial score (nSPS) is 11.0. The molecule has 0 aliphatic heterocycles. The lowest BCUT2D eigenvalue weighted by atomic mass is 10.1. The number of rotatable bonds is 9. The third-order valence-corrected chi connectivity index (χ3v) is 4.80. The van der Waals surface area contributed by atoms with Crippen LogP contribution in [-0.2, 0) is 11.4 Å². The summed E-state index contributed by atoms with van der Waals surface area (Å²) >= 11 is 0. The summed E-state index contributed by atoms with van der Waals surface area (Å²) in [5.74, 6) is 1.22. The Morgan fingerprint density at radius 2 is 1.85 bits per heavy atom. The maximum Gasteiger partial charge on any atom is 0.266 e. The molecule has 0 spiro atoms. The average Bonchev–Trinajstić information content (AvgIpc) is 2.81. The number of hydrogen-bond acceptors (Lipinski definition) is 5. The van der Waals surface area contributed by atoms with Crippen LogP contribution in [0.25, 0.3) is 6.08 Å². The van der Waals surface area contributed by atoms with E-state index >= 15 is 0 Å². The van der Waals surface area contributed by atoms with Gasteiger partial charge in [0.25, 0.3) is 5.91 Å². The van der Waals surface area contributed by atoms with Crippen molar-refractivity contribution in [1.29, 1.82) is 5.26 Å². The number of carbonyl (C=O) groups is 1. The first-order valence-corrected chi connectivity index (χ1v) is 10.9. The van der Waals surface area contributed by atoms with Crippen LogP contribution >= 0.6 is 0 Å². The van der Waals surface area contributed by atoms with Gasteiger partial charge in [0.15, 0.2) is 11.5 Å². The van der Waals surface area contributed by atoms with Crippen LogP contribution < -0.4 is 19.5 Å². The zero-order valence-electron chi connectivity index (χ0n) is 19.8. The Hall–Kier alpha value is -4.24. The number of ether oxygens (including phenoxy) is 3. The number of aryl methyl sites for hydroxylation is 1. The Morgan fingerprint density at radius 3 is 2.56 bits per heavy atom. The molecule has 0 saturated carbocycles. The van der Waals surface area contributed by atoms with Crippen molar-refractivity contribution in [3.63, 3.8) is 0 Å². The van der Waals surface area contributed by atoms with Crippen molar-refractivity contribution in [3.05, 3.63) is 89.0 Å². The van der Waals surface area contributed by atoms with E-state index in [1.165, 1.54) is 6.08 Å². The van der Waals surface area contributed by atoms with E-state index in [4.69, 9.17) is 14.2 Å². The van der Waals surface area contributed by atoms with Crippen LogP contribution in [-0.4, -0.2) is 19.1 Å². The summed E-state index contributed by atoms with van der Waals surface area (Å²) in [6.07, 6.45) is 1.52. The van der Waals surface area contributed by atoms with Crippen molar-refractivity contribution >= 4 is 17.7 Å². The number of nitrogens with one attached hydrogen (secondary N) is 1. The predicted molar refractivity (Wildman–Crippen MR) is 133 cm³/mol. The van der Waals surface area contributed by atoms with E-state index in [-0.39, 0.29) is 11.7 Å². The lowest BCUT2D eigenvalue weighted by Gasteiger charge is -2.12. The van der Waals surface area contributed by atoms with Crippen LogP contribution in [0.5, 0.6) is 17.2 Å². The molecule has 3 rings (SSSR count). The Labute approximate surface area is 200 Å². The van der Waals surface area contributed by atoms with Crippen molar-refractivity contribution in [3.8, 4) is 23.3 Å². The molecule has 0 aromatic heterocycles. The lowest BCUT2D eigenvalue weighted by molar-refractivity contribution is -0.112. The molecule has 0 bridgehead atoms. The Balaban J connectivity index is 1.73. The summed E-state index contributed by atoms with van der Waals surface area (Å²) in [5, 5.41) is 12.3. The van der Waals surface area contributed by atoms with Crippen molar-refractivity contribution in [2.75, 3.05) is 12.4 Å². The minimum absolute atomic E-state index is 0.0132. The van der Waals surface area contributed by atoms with Crippen molar-refractivity contribution in [2.45, 2.75) is 33.5 Å². The van der Waals surface area contributed by atoms with Crippen molar-refractivity contribution < 1.29 is 19.0 Å². The average molecular weight is 457 g/mol. The van der Waals surface area contributed by atoms with Gasteiger partial charge in [0.05, 0.1) is 13.2 Å². The Morgan fingerprint density at radius 1 is 1.06 bits per heavy atom. The number of amides is 1. The second-order valence-corrected chi connectivity index (χ2v) is 8.01. The molecule has 0 atom stereocenters. The molecule has 0 fully saturated rings. The maximum absolute atomic E-state index is 12.7. The van der Waals surface area contributed by atoms with Gasteiger partial charge >= 0.3 is 0 Å². The van der Waals surface area contributed by atoms with E-state index < -0.39 is 5.91 Å². The summed E-state index contributed by atoms with van der Waals surface area (Å²) in [6.45, 7) is 6.28. The first-order valence-electron chi connectivity index (χ1n) is 10.9. The fourth-order valence-electron chi connectivity index (χ4n) is 3.29. The minimum Gasteiger partial charge on any atom is -0.493 e. The first-order chi connectivity index (χ1) is 16.4. The van der Waals surface area contributed by atoms with Crippen LogP contribution in [0, 0.1) is 18.3 Å². The van der Waals surface area contributed by atoms with Crippen LogP contribution in [0.1, 0.15) is 30.5 Å². The van der Waals surface area contributed by atoms with E-state index in [1.807, 2.05) is 51.1 Å². The van der Waals surface area contributed by atoms with E-state index in [0.717, 1.165) is 11.1 Å². The fraction of sp³-hybridized carbons (Fsp3) is 0.214. The van der Waals surface area contributed by atoms with E-state index in [1.54, 1.807) is 43.5 Å². The second-order valence-electron chi connectivity index (χ2n) is 8.01. The van der Waals surface area contributed by atoms with Gasteiger partial charge in [-0.15, -0.1) is 0 Å². The van der Waals surface area contributed by atoms with Gasteiger partial charge in [0.2, 0.25) is 0 Å². The van der Waals surface area contributed by atoms with Crippen LogP contribution in [0.3, 0.4) is 0 Å². The van der Waals surface area contributed by atoms with Gasteiger partial charge in [-0.3, -0.25) is 4.79 Å². The van der Waals surface area contributed by atoms with Crippen molar-refractivity contribution in [1.82, 2.24) is 0 Å². The third-order valence-electron chi connectivity index (χ3n) is 4.80. The molecule has 0 aliphatic carbocycles. The third kappa shape index (κ3) is 6.88. The minimum atomic E-state index is -0.511. The number of anilines is 1. The molecule has 174 valence electrons. The molecule has 0 aliphatic rings. The molecule has 3 aromatic rings. The second kappa shape index (κ2) is 11.6. The fourth-order valence-corrected chi connectivity index (χ4v) is 3.29. The number of nitrogens with zero attached hydrogens (tertiary/aromatic N) is 1. The van der Waals surface area contributed by atoms with Gasteiger partial charge in [0, 0.05) is 11.8 Å². The zero-order chi connectivity index (χ0) is 24.5. The molecule has 1 amide bonds. The molecule has 0 saturated heterocycles. The standard InChI is InChI=1S/C28H28N2O4/c1-19(2)34-25-10-6-9-24(16-25)30-28(31)23(17-29)14-21-11-12-26(27(15-21)32-4)33-18-22-8-5-7-20(3)13-22/h5-16,19H,18H2,1-4H3,(H,30,31)/b23-14-. The molecule has 0 radical (unpaired) electrons. The molecule has 0 heterocycles. The highest BCUT2D eigenvalue weighted by atomic mass is 16.5. The number of hydrogen-bond donors (Lipinski definition) is 1. The number of carbonyl (C=O) groups excluding carboxylic acids is 1.